The molecule has 0 spiro atoms. The molecule has 0 radical (unpaired) electrons. The highest BCUT2D eigenvalue weighted by Crippen LogP contribution is 2.37. The third-order valence-corrected chi connectivity index (χ3v) is 8.14. The molecule has 0 bridgehead atoms. The summed E-state index contributed by atoms with van der Waals surface area (Å²) in [6.07, 6.45) is 1.47. The summed E-state index contributed by atoms with van der Waals surface area (Å²) in [7, 11) is -1.93. The third-order valence-electron chi connectivity index (χ3n) is 3.66. The molecule has 0 aliphatic carbocycles. The number of hydrogen-bond donors (Lipinski definition) is 1. The minimum absolute atomic E-state index is 0.0474. The molecule has 4 nitrogen and oxygen atoms in total. The lowest BCUT2D eigenvalue weighted by atomic mass is 10.2. The number of nitrogens with zero attached hydrogens (tertiary/aromatic N) is 1. The van der Waals surface area contributed by atoms with E-state index in [1.807, 2.05) is 0 Å². The summed E-state index contributed by atoms with van der Waals surface area (Å²) >= 11 is 0. The van der Waals surface area contributed by atoms with E-state index in [4.69, 9.17) is 4.43 Å². The van der Waals surface area contributed by atoms with Crippen LogP contribution in [0.3, 0.4) is 0 Å². The van der Waals surface area contributed by atoms with Crippen LogP contribution in [0, 0.1) is 5.82 Å². The van der Waals surface area contributed by atoms with Gasteiger partial charge in [-0.25, -0.2) is 9.37 Å². The predicted octanol–water partition coefficient (Wildman–Crippen LogP) is 3.70. The topological polar surface area (TPSA) is 51.2 Å². The number of hydrogen-bond acceptors (Lipinski definition) is 3. The van der Waals surface area contributed by atoms with Gasteiger partial charge < -0.3 is 9.74 Å². The lowest BCUT2D eigenvalue weighted by Crippen LogP contribution is -2.40. The maximum atomic E-state index is 14.2. The molecule has 1 aromatic heterocycles. The van der Waals surface area contributed by atoms with E-state index in [2.05, 4.69) is 44.2 Å². The average Bonchev–Trinajstić information content (AvgIpc) is 2.28. The van der Waals surface area contributed by atoms with Gasteiger partial charge in [0.15, 0.2) is 20.0 Å². The van der Waals surface area contributed by atoms with Crippen molar-refractivity contribution in [3.63, 3.8) is 0 Å². The van der Waals surface area contributed by atoms with Crippen LogP contribution in [0.1, 0.15) is 33.3 Å². The Bertz CT molecular complexity index is 498. The highest BCUT2D eigenvalue weighted by atomic mass is 28.4. The van der Waals surface area contributed by atoms with E-state index in [1.165, 1.54) is 13.1 Å². The molecule has 0 aliphatic rings. The van der Waals surface area contributed by atoms with E-state index in [0.29, 0.717) is 5.56 Å². The van der Waals surface area contributed by atoms with Gasteiger partial charge in [0.2, 0.25) is 5.91 Å². The van der Waals surface area contributed by atoms with Crippen molar-refractivity contribution in [1.29, 1.82) is 0 Å². The molecule has 0 unspecified atom stereocenters. The molecule has 0 aliphatic heterocycles. The first-order valence-corrected chi connectivity index (χ1v) is 9.50. The zero-order chi connectivity index (χ0) is 15.6. The normalized spacial score (nSPS) is 12.3. The Labute approximate surface area is 120 Å². The van der Waals surface area contributed by atoms with Gasteiger partial charge >= 0.3 is 0 Å². The van der Waals surface area contributed by atoms with Gasteiger partial charge in [0.05, 0.1) is 6.61 Å². The lowest BCUT2D eigenvalue weighted by molar-refractivity contribution is -0.114. The van der Waals surface area contributed by atoms with Gasteiger partial charge in [-0.2, -0.15) is 0 Å². The molecular formula is C14H23FN2O2Si. The van der Waals surface area contributed by atoms with E-state index in [0.717, 1.165) is 0 Å². The smallest absolute Gasteiger partial charge is 0.222 e. The Morgan fingerprint density at radius 1 is 1.45 bits per heavy atom. The van der Waals surface area contributed by atoms with E-state index in [1.54, 1.807) is 6.07 Å². The summed E-state index contributed by atoms with van der Waals surface area (Å²) in [6, 6.07) is 1.58. The van der Waals surface area contributed by atoms with Gasteiger partial charge in [-0.05, 0) is 24.2 Å². The summed E-state index contributed by atoms with van der Waals surface area (Å²) < 4.78 is 20.1. The molecular weight excluding hydrogens is 275 g/mol. The minimum Gasteiger partial charge on any atom is -0.412 e. The van der Waals surface area contributed by atoms with Gasteiger partial charge in [0.1, 0.15) is 0 Å². The fraction of sp³-hybridized carbons (Fsp3) is 0.571. The van der Waals surface area contributed by atoms with Crippen LogP contribution in [0.4, 0.5) is 10.2 Å². The van der Waals surface area contributed by atoms with Crippen molar-refractivity contribution in [2.75, 3.05) is 5.32 Å². The highest BCUT2D eigenvalue weighted by Gasteiger charge is 2.37. The Kier molecular flexibility index (Phi) is 5.04. The fourth-order valence-electron chi connectivity index (χ4n) is 1.32. The van der Waals surface area contributed by atoms with Crippen LogP contribution < -0.4 is 5.32 Å². The molecule has 0 fully saturated rings. The molecule has 1 aromatic rings. The quantitative estimate of drug-likeness (QED) is 0.862. The zero-order valence-electron chi connectivity index (χ0n) is 13.0. The molecule has 0 atom stereocenters. The standard InChI is InChI=1S/C14H23FN2O2Si/c1-10(18)17-13-12(15)11(7-8-16-13)9-19-20(5,6)14(2,3)4/h7-8H,9H2,1-6H3,(H,16,17,18). The Balaban J connectivity index is 2.87. The number of rotatable bonds is 4. The summed E-state index contributed by atoms with van der Waals surface area (Å²) in [5, 5.41) is 2.44. The molecule has 1 heterocycles. The second-order valence-electron chi connectivity index (χ2n) is 6.36. The average molecular weight is 298 g/mol. The van der Waals surface area contributed by atoms with Crippen LogP contribution in [0.15, 0.2) is 12.3 Å². The largest absolute Gasteiger partial charge is 0.412 e. The van der Waals surface area contributed by atoms with Crippen LogP contribution in [0.25, 0.3) is 0 Å². The Morgan fingerprint density at radius 3 is 2.55 bits per heavy atom. The highest BCUT2D eigenvalue weighted by molar-refractivity contribution is 6.74. The van der Waals surface area contributed by atoms with Crippen molar-refractivity contribution in [3.8, 4) is 0 Å². The molecule has 112 valence electrons. The zero-order valence-corrected chi connectivity index (χ0v) is 14.0. The molecule has 1 N–H and O–H groups in total. The molecule has 0 aromatic carbocycles. The molecule has 20 heavy (non-hydrogen) atoms. The van der Waals surface area contributed by atoms with Crippen LogP contribution >= 0.6 is 0 Å². The molecule has 6 heteroatoms. The summed E-state index contributed by atoms with van der Waals surface area (Å²) in [5.74, 6) is -0.922. The second kappa shape index (κ2) is 6.01. The van der Waals surface area contributed by atoms with Crippen molar-refractivity contribution in [2.24, 2.45) is 0 Å². The maximum Gasteiger partial charge on any atom is 0.222 e. The van der Waals surface area contributed by atoms with Gasteiger partial charge in [0.25, 0.3) is 0 Å². The number of nitrogens with one attached hydrogen (secondary N) is 1. The molecule has 0 saturated carbocycles. The van der Waals surface area contributed by atoms with Crippen molar-refractivity contribution in [1.82, 2.24) is 4.98 Å². The van der Waals surface area contributed by atoms with E-state index < -0.39 is 14.1 Å². The SMILES string of the molecule is CC(=O)Nc1nccc(CO[Si](C)(C)C(C)(C)C)c1F. The van der Waals surface area contributed by atoms with Crippen LogP contribution in [-0.4, -0.2) is 19.2 Å². The summed E-state index contributed by atoms with van der Waals surface area (Å²) in [5.41, 5.74) is 0.411. The molecule has 1 rings (SSSR count). The van der Waals surface area contributed by atoms with Gasteiger partial charge in [-0.15, -0.1) is 0 Å². The van der Waals surface area contributed by atoms with Gasteiger partial charge in [0, 0.05) is 18.7 Å². The van der Waals surface area contributed by atoms with Crippen molar-refractivity contribution >= 4 is 20.0 Å². The minimum atomic E-state index is -1.93. The number of carbonyl (C=O) groups is 1. The fourth-order valence-corrected chi connectivity index (χ4v) is 2.27. The first kappa shape index (κ1) is 16.8. The van der Waals surface area contributed by atoms with Gasteiger partial charge in [-0.3, -0.25) is 4.79 Å². The number of amides is 1. The Hall–Kier alpha value is -1.27. The lowest BCUT2D eigenvalue weighted by Gasteiger charge is -2.36. The summed E-state index contributed by atoms with van der Waals surface area (Å²) in [4.78, 5) is 14.8. The Morgan fingerprint density at radius 2 is 2.05 bits per heavy atom. The molecule has 1 amide bonds. The number of anilines is 1. The first-order valence-electron chi connectivity index (χ1n) is 6.59. The van der Waals surface area contributed by atoms with Gasteiger partial charge in [-0.1, -0.05) is 20.8 Å². The van der Waals surface area contributed by atoms with Crippen molar-refractivity contribution < 1.29 is 13.6 Å². The van der Waals surface area contributed by atoms with E-state index in [-0.39, 0.29) is 23.4 Å². The van der Waals surface area contributed by atoms with Crippen molar-refractivity contribution in [2.45, 2.75) is 52.4 Å². The van der Waals surface area contributed by atoms with Crippen LogP contribution in [-0.2, 0) is 15.8 Å². The number of pyridine rings is 1. The monoisotopic (exact) mass is 298 g/mol. The summed E-state index contributed by atoms with van der Waals surface area (Å²) in [6.45, 7) is 12.1. The number of halogens is 1. The number of carbonyl (C=O) groups excluding carboxylic acids is 1. The van der Waals surface area contributed by atoms with E-state index >= 15 is 0 Å². The second-order valence-corrected chi connectivity index (χ2v) is 11.2. The van der Waals surface area contributed by atoms with Crippen LogP contribution in [0.2, 0.25) is 18.1 Å². The predicted molar refractivity (Wildman–Crippen MR) is 80.5 cm³/mol. The van der Waals surface area contributed by atoms with Crippen LogP contribution in [0.5, 0.6) is 0 Å². The van der Waals surface area contributed by atoms with Crippen molar-refractivity contribution in [3.05, 3.63) is 23.6 Å². The molecule has 0 saturated heterocycles. The van der Waals surface area contributed by atoms with E-state index in [9.17, 15) is 9.18 Å². The first-order chi connectivity index (χ1) is 9.04. The third kappa shape index (κ3) is 4.11. The number of aromatic nitrogens is 1. The maximum absolute atomic E-state index is 14.2.